The van der Waals surface area contributed by atoms with E-state index in [4.69, 9.17) is 10.3 Å². The summed E-state index contributed by atoms with van der Waals surface area (Å²) in [6, 6.07) is 6.66. The van der Waals surface area contributed by atoms with E-state index in [-0.39, 0.29) is 17.5 Å². The molecule has 1 aliphatic carbocycles. The zero-order valence-corrected chi connectivity index (χ0v) is 15.1. The lowest BCUT2D eigenvalue weighted by molar-refractivity contribution is 0.0952. The van der Waals surface area contributed by atoms with E-state index >= 15 is 0 Å². The van der Waals surface area contributed by atoms with Crippen LogP contribution in [-0.4, -0.2) is 30.1 Å². The number of nitrogens with two attached hydrogens (primary N) is 1. The molecule has 1 aromatic carbocycles. The molecule has 1 aromatic heterocycles. The molecule has 2 aromatic rings. The van der Waals surface area contributed by atoms with Crippen molar-refractivity contribution in [1.29, 1.82) is 0 Å². The highest BCUT2D eigenvalue weighted by Gasteiger charge is 2.29. The average molecular weight is 407 g/mol. The molecule has 3 rings (SSSR count). The van der Waals surface area contributed by atoms with E-state index in [0.29, 0.717) is 34.7 Å². The van der Waals surface area contributed by atoms with Crippen LogP contribution in [0.1, 0.15) is 51.8 Å². The minimum atomic E-state index is -0.350. The quantitative estimate of drug-likeness (QED) is 0.612. The Labute approximate surface area is 153 Å². The Morgan fingerprint density at radius 3 is 2.76 bits per heavy atom. The average Bonchev–Trinajstić information content (AvgIpc) is 3.33. The third-order valence-corrected chi connectivity index (χ3v) is 4.54. The van der Waals surface area contributed by atoms with Crippen LogP contribution in [0.5, 0.6) is 0 Å². The van der Waals surface area contributed by atoms with Gasteiger partial charge in [0.15, 0.2) is 5.69 Å². The van der Waals surface area contributed by atoms with E-state index in [2.05, 4.69) is 31.7 Å². The smallest absolute Gasteiger partial charge is 0.277 e. The van der Waals surface area contributed by atoms with Crippen molar-refractivity contribution in [2.75, 3.05) is 18.4 Å². The Bertz CT molecular complexity index is 786. The lowest BCUT2D eigenvalue weighted by atomic mass is 10.2. The third-order valence-electron chi connectivity index (χ3n) is 3.89. The standard InChI is InChI=1S/C17H19BrN4O3/c18-12-8-11(16(23)20-7-1-6-19)4-5-13(12)21-17(24)14-9-15(25-22-14)10-2-3-10/h4-5,8-10H,1-3,6-7,19H2,(H,20,23)(H,21,24). The van der Waals surface area contributed by atoms with E-state index < -0.39 is 0 Å². The molecule has 0 bridgehead atoms. The monoisotopic (exact) mass is 406 g/mol. The van der Waals surface area contributed by atoms with Gasteiger partial charge in [0.05, 0.1) is 5.69 Å². The summed E-state index contributed by atoms with van der Waals surface area (Å²) in [4.78, 5) is 24.3. The molecule has 1 heterocycles. The highest BCUT2D eigenvalue weighted by Crippen LogP contribution is 2.40. The Morgan fingerprint density at radius 1 is 1.28 bits per heavy atom. The Balaban J connectivity index is 1.63. The number of halogens is 1. The van der Waals surface area contributed by atoms with Gasteiger partial charge in [-0.1, -0.05) is 5.16 Å². The summed E-state index contributed by atoms with van der Waals surface area (Å²) in [5.74, 6) is 0.626. The second-order valence-corrected chi connectivity index (χ2v) is 6.79. The topological polar surface area (TPSA) is 110 Å². The summed E-state index contributed by atoms with van der Waals surface area (Å²) in [5, 5.41) is 9.36. The number of aromatic nitrogens is 1. The summed E-state index contributed by atoms with van der Waals surface area (Å²) < 4.78 is 5.80. The normalized spacial score (nSPS) is 13.5. The van der Waals surface area contributed by atoms with Crippen molar-refractivity contribution in [3.8, 4) is 0 Å². The number of amides is 2. The van der Waals surface area contributed by atoms with Gasteiger partial charge in [-0.3, -0.25) is 9.59 Å². The second-order valence-electron chi connectivity index (χ2n) is 5.94. The van der Waals surface area contributed by atoms with Gasteiger partial charge in [0.2, 0.25) is 0 Å². The van der Waals surface area contributed by atoms with E-state index in [1.54, 1.807) is 24.3 Å². The first kappa shape index (κ1) is 17.6. The number of carbonyl (C=O) groups excluding carboxylic acids is 2. The van der Waals surface area contributed by atoms with Gasteiger partial charge in [0, 0.05) is 28.6 Å². The summed E-state index contributed by atoms with van der Waals surface area (Å²) >= 11 is 3.38. The molecule has 0 saturated heterocycles. The molecule has 7 nitrogen and oxygen atoms in total. The molecule has 8 heteroatoms. The molecule has 0 aliphatic heterocycles. The Kier molecular flexibility index (Phi) is 5.50. The number of nitrogens with zero attached hydrogens (tertiary/aromatic N) is 1. The fourth-order valence-electron chi connectivity index (χ4n) is 2.31. The van der Waals surface area contributed by atoms with Crippen molar-refractivity contribution >= 4 is 33.4 Å². The Hall–Kier alpha value is -2.19. The van der Waals surface area contributed by atoms with Gasteiger partial charge in [-0.25, -0.2) is 0 Å². The molecular formula is C17H19BrN4O3. The number of carbonyl (C=O) groups is 2. The molecule has 1 saturated carbocycles. The molecule has 0 spiro atoms. The van der Waals surface area contributed by atoms with Crippen LogP contribution in [0.15, 0.2) is 33.3 Å². The second kappa shape index (κ2) is 7.79. The van der Waals surface area contributed by atoms with Gasteiger partial charge in [-0.2, -0.15) is 0 Å². The predicted molar refractivity (Wildman–Crippen MR) is 96.6 cm³/mol. The molecule has 25 heavy (non-hydrogen) atoms. The van der Waals surface area contributed by atoms with Gasteiger partial charge in [0.25, 0.3) is 11.8 Å². The fraction of sp³-hybridized carbons (Fsp3) is 0.353. The van der Waals surface area contributed by atoms with Crippen LogP contribution in [0.25, 0.3) is 0 Å². The number of hydrogen-bond acceptors (Lipinski definition) is 5. The lowest BCUT2D eigenvalue weighted by Crippen LogP contribution is -2.26. The minimum Gasteiger partial charge on any atom is -0.360 e. The van der Waals surface area contributed by atoms with Gasteiger partial charge in [-0.15, -0.1) is 0 Å². The molecule has 1 aliphatic rings. The van der Waals surface area contributed by atoms with Crippen LogP contribution < -0.4 is 16.4 Å². The third kappa shape index (κ3) is 4.46. The van der Waals surface area contributed by atoms with Crippen LogP contribution in [-0.2, 0) is 0 Å². The summed E-state index contributed by atoms with van der Waals surface area (Å²) in [5.41, 5.74) is 6.70. The number of anilines is 1. The van der Waals surface area contributed by atoms with Crippen molar-refractivity contribution in [1.82, 2.24) is 10.5 Å². The number of hydrogen-bond donors (Lipinski definition) is 3. The van der Waals surface area contributed by atoms with Crippen LogP contribution >= 0.6 is 15.9 Å². The molecule has 132 valence electrons. The largest absolute Gasteiger partial charge is 0.360 e. The number of rotatable bonds is 7. The highest BCUT2D eigenvalue weighted by molar-refractivity contribution is 9.10. The van der Waals surface area contributed by atoms with E-state index in [1.165, 1.54) is 0 Å². The maximum Gasteiger partial charge on any atom is 0.277 e. The molecule has 0 unspecified atom stereocenters. The first-order valence-corrected chi connectivity index (χ1v) is 8.93. The zero-order valence-electron chi connectivity index (χ0n) is 13.5. The summed E-state index contributed by atoms with van der Waals surface area (Å²) in [6.07, 6.45) is 2.88. The van der Waals surface area contributed by atoms with E-state index in [1.807, 2.05) is 0 Å². The van der Waals surface area contributed by atoms with E-state index in [0.717, 1.165) is 25.0 Å². The molecule has 1 fully saturated rings. The van der Waals surface area contributed by atoms with Gasteiger partial charge < -0.3 is 20.9 Å². The zero-order chi connectivity index (χ0) is 17.8. The predicted octanol–water partition coefficient (Wildman–Crippen LogP) is 2.65. The fourth-order valence-corrected chi connectivity index (χ4v) is 2.78. The van der Waals surface area contributed by atoms with Crippen molar-refractivity contribution in [3.63, 3.8) is 0 Å². The van der Waals surface area contributed by atoms with E-state index in [9.17, 15) is 9.59 Å². The van der Waals surface area contributed by atoms with Crippen molar-refractivity contribution in [2.24, 2.45) is 5.73 Å². The maximum atomic E-state index is 12.3. The SMILES string of the molecule is NCCCNC(=O)c1ccc(NC(=O)c2cc(C3CC3)on2)c(Br)c1. The maximum absolute atomic E-state index is 12.3. The molecular weight excluding hydrogens is 388 g/mol. The Morgan fingerprint density at radius 2 is 2.08 bits per heavy atom. The molecule has 2 amide bonds. The van der Waals surface area contributed by atoms with Crippen LogP contribution in [0.2, 0.25) is 0 Å². The highest BCUT2D eigenvalue weighted by atomic mass is 79.9. The van der Waals surface area contributed by atoms with Crippen molar-refractivity contribution in [3.05, 3.63) is 45.8 Å². The molecule has 4 N–H and O–H groups in total. The van der Waals surface area contributed by atoms with Crippen LogP contribution in [0, 0.1) is 0 Å². The first-order valence-electron chi connectivity index (χ1n) is 8.14. The van der Waals surface area contributed by atoms with Gasteiger partial charge in [0.1, 0.15) is 5.76 Å². The van der Waals surface area contributed by atoms with Crippen molar-refractivity contribution in [2.45, 2.75) is 25.2 Å². The van der Waals surface area contributed by atoms with Crippen molar-refractivity contribution < 1.29 is 14.1 Å². The van der Waals surface area contributed by atoms with Crippen LogP contribution in [0.3, 0.4) is 0 Å². The van der Waals surface area contributed by atoms with Gasteiger partial charge >= 0.3 is 0 Å². The number of nitrogens with one attached hydrogen (secondary N) is 2. The molecule has 0 radical (unpaired) electrons. The number of benzene rings is 1. The first-order chi connectivity index (χ1) is 12.1. The summed E-state index contributed by atoms with van der Waals surface area (Å²) in [6.45, 7) is 1.06. The summed E-state index contributed by atoms with van der Waals surface area (Å²) in [7, 11) is 0. The minimum absolute atomic E-state index is 0.183. The lowest BCUT2D eigenvalue weighted by Gasteiger charge is -2.09. The van der Waals surface area contributed by atoms with Gasteiger partial charge in [-0.05, 0) is 59.9 Å². The molecule has 0 atom stereocenters. The van der Waals surface area contributed by atoms with Crippen LogP contribution in [0.4, 0.5) is 5.69 Å².